The molecule has 2 aromatic rings. The van der Waals surface area contributed by atoms with Crippen LogP contribution in [0.25, 0.3) is 11.4 Å². The smallest absolute Gasteiger partial charge is 0.416 e. The number of fused-ring (bicyclic) bond motifs is 3. The summed E-state index contributed by atoms with van der Waals surface area (Å²) in [4.78, 5) is 17.7. The Morgan fingerprint density at radius 1 is 1.39 bits per heavy atom. The van der Waals surface area contributed by atoms with E-state index in [0.717, 1.165) is 14.9 Å². The highest BCUT2D eigenvalue weighted by atomic mass is 127. The van der Waals surface area contributed by atoms with E-state index in [-0.39, 0.29) is 6.61 Å². The molecule has 1 aromatic heterocycles. The second-order valence-corrected chi connectivity index (χ2v) is 6.61. The zero-order chi connectivity index (χ0) is 16.0. The number of imidazole rings is 1. The lowest BCUT2D eigenvalue weighted by Gasteiger charge is -2.15. The molecule has 1 atom stereocenters. The fraction of sp³-hybridized carbons (Fsp3) is 0.333. The largest absolute Gasteiger partial charge is 0.491 e. The first-order valence-corrected chi connectivity index (χ1v) is 8.27. The third-order valence-electron chi connectivity index (χ3n) is 3.92. The zero-order valence-electron chi connectivity index (χ0n) is 12.0. The number of alkyl halides is 1. The molecule has 0 bridgehead atoms. The standard InChI is InChI=1S/C15H13FIN3O3/c16-6-10-8-23-15(21)20(10)13-7-19-3-4-22-12-5-9(17)1-2-11(12)14(19)18-13/h1-2,5,7,10H,3-4,6,8H2/t10-/m1/s1. The average molecular weight is 429 g/mol. The number of anilines is 1. The Hall–Kier alpha value is -1.84. The molecule has 0 N–H and O–H groups in total. The molecule has 3 heterocycles. The topological polar surface area (TPSA) is 56.6 Å². The Kier molecular flexibility index (Phi) is 3.63. The summed E-state index contributed by atoms with van der Waals surface area (Å²) in [5.74, 6) is 1.89. The number of benzene rings is 1. The van der Waals surface area contributed by atoms with Crippen LogP contribution in [0.4, 0.5) is 15.0 Å². The Labute approximate surface area is 145 Å². The fourth-order valence-corrected chi connectivity index (χ4v) is 3.28. The summed E-state index contributed by atoms with van der Waals surface area (Å²) >= 11 is 2.23. The summed E-state index contributed by atoms with van der Waals surface area (Å²) in [5.41, 5.74) is 0.860. The quantitative estimate of drug-likeness (QED) is 0.690. The minimum Gasteiger partial charge on any atom is -0.491 e. The maximum absolute atomic E-state index is 13.1. The van der Waals surface area contributed by atoms with E-state index in [1.54, 1.807) is 6.20 Å². The highest BCUT2D eigenvalue weighted by Gasteiger charge is 2.36. The summed E-state index contributed by atoms with van der Waals surface area (Å²) in [5, 5.41) is 0. The van der Waals surface area contributed by atoms with Crippen molar-refractivity contribution in [1.29, 1.82) is 0 Å². The van der Waals surface area contributed by atoms with Gasteiger partial charge in [0.1, 0.15) is 37.5 Å². The van der Waals surface area contributed by atoms with Crippen LogP contribution in [0, 0.1) is 3.57 Å². The number of rotatable bonds is 2. The molecule has 23 heavy (non-hydrogen) atoms. The lowest BCUT2D eigenvalue weighted by molar-refractivity contribution is 0.177. The van der Waals surface area contributed by atoms with Crippen molar-refractivity contribution in [3.63, 3.8) is 0 Å². The normalized spacial score (nSPS) is 19.7. The summed E-state index contributed by atoms with van der Waals surface area (Å²) in [6, 6.07) is 5.25. The van der Waals surface area contributed by atoms with Crippen LogP contribution in [-0.2, 0) is 11.3 Å². The van der Waals surface area contributed by atoms with Crippen molar-refractivity contribution < 1.29 is 18.7 Å². The van der Waals surface area contributed by atoms with Gasteiger partial charge >= 0.3 is 6.09 Å². The van der Waals surface area contributed by atoms with Gasteiger partial charge in [-0.05, 0) is 40.8 Å². The Balaban J connectivity index is 1.80. The third kappa shape index (κ3) is 2.44. The Morgan fingerprint density at radius 3 is 3.09 bits per heavy atom. The number of ether oxygens (including phenoxy) is 2. The van der Waals surface area contributed by atoms with Crippen molar-refractivity contribution in [2.45, 2.75) is 12.6 Å². The van der Waals surface area contributed by atoms with E-state index >= 15 is 0 Å². The van der Waals surface area contributed by atoms with Crippen molar-refractivity contribution in [1.82, 2.24) is 9.55 Å². The van der Waals surface area contributed by atoms with E-state index in [2.05, 4.69) is 27.6 Å². The average Bonchev–Trinajstić information content (AvgIpc) is 3.06. The van der Waals surface area contributed by atoms with Crippen molar-refractivity contribution in [3.05, 3.63) is 28.0 Å². The molecule has 0 aliphatic carbocycles. The summed E-state index contributed by atoms with van der Waals surface area (Å²) in [6.07, 6.45) is 1.20. The summed E-state index contributed by atoms with van der Waals surface area (Å²) in [7, 11) is 0. The van der Waals surface area contributed by atoms with Crippen molar-refractivity contribution in [2.75, 3.05) is 24.8 Å². The van der Waals surface area contributed by atoms with Gasteiger partial charge in [0.15, 0.2) is 5.82 Å². The van der Waals surface area contributed by atoms with Gasteiger partial charge in [-0.25, -0.2) is 14.2 Å². The number of halogens is 2. The number of carbonyl (C=O) groups excluding carboxylic acids is 1. The minimum atomic E-state index is -0.661. The summed E-state index contributed by atoms with van der Waals surface area (Å²) in [6.45, 7) is 0.505. The highest BCUT2D eigenvalue weighted by Crippen LogP contribution is 2.35. The molecular formula is C15H13FIN3O3. The van der Waals surface area contributed by atoms with Gasteiger partial charge in [-0.15, -0.1) is 0 Å². The maximum atomic E-state index is 13.1. The second-order valence-electron chi connectivity index (χ2n) is 5.36. The zero-order valence-corrected chi connectivity index (χ0v) is 14.2. The molecule has 4 rings (SSSR count). The molecule has 8 heteroatoms. The highest BCUT2D eigenvalue weighted by molar-refractivity contribution is 14.1. The molecule has 1 fully saturated rings. The first-order valence-electron chi connectivity index (χ1n) is 7.19. The first kappa shape index (κ1) is 14.7. The molecule has 0 radical (unpaired) electrons. The molecular weight excluding hydrogens is 416 g/mol. The lowest BCUT2D eigenvalue weighted by Crippen LogP contribution is -2.35. The van der Waals surface area contributed by atoms with E-state index in [0.29, 0.717) is 24.8 Å². The molecule has 0 unspecified atom stereocenters. The van der Waals surface area contributed by atoms with Crippen LogP contribution in [0.5, 0.6) is 5.75 Å². The van der Waals surface area contributed by atoms with Gasteiger partial charge in [0, 0.05) is 9.77 Å². The summed E-state index contributed by atoms with van der Waals surface area (Å²) < 4.78 is 26.8. The Morgan fingerprint density at radius 2 is 2.26 bits per heavy atom. The molecule has 1 aromatic carbocycles. The molecule has 1 amide bonds. The van der Waals surface area contributed by atoms with Crippen LogP contribution in [0.1, 0.15) is 0 Å². The molecule has 0 spiro atoms. The van der Waals surface area contributed by atoms with Crippen LogP contribution in [0.15, 0.2) is 24.4 Å². The third-order valence-corrected chi connectivity index (χ3v) is 4.60. The number of hydrogen-bond acceptors (Lipinski definition) is 4. The predicted octanol–water partition coefficient (Wildman–Crippen LogP) is 2.84. The molecule has 2 aliphatic heterocycles. The predicted molar refractivity (Wildman–Crippen MR) is 89.5 cm³/mol. The van der Waals surface area contributed by atoms with Gasteiger partial charge in [0.25, 0.3) is 0 Å². The monoisotopic (exact) mass is 429 g/mol. The lowest BCUT2D eigenvalue weighted by atomic mass is 10.2. The van der Waals surface area contributed by atoms with Gasteiger partial charge in [-0.3, -0.25) is 4.90 Å². The van der Waals surface area contributed by atoms with Crippen molar-refractivity contribution in [3.8, 4) is 17.1 Å². The molecule has 6 nitrogen and oxygen atoms in total. The number of amides is 1. The van der Waals surface area contributed by atoms with E-state index < -0.39 is 18.8 Å². The van der Waals surface area contributed by atoms with E-state index in [4.69, 9.17) is 9.47 Å². The second kappa shape index (κ2) is 5.66. The van der Waals surface area contributed by atoms with Gasteiger partial charge in [0.05, 0.1) is 12.1 Å². The number of carbonyl (C=O) groups is 1. The van der Waals surface area contributed by atoms with Crippen molar-refractivity contribution in [2.24, 2.45) is 0 Å². The van der Waals surface area contributed by atoms with Crippen LogP contribution >= 0.6 is 22.6 Å². The van der Waals surface area contributed by atoms with Crippen LogP contribution in [-0.4, -0.2) is 41.6 Å². The van der Waals surface area contributed by atoms with E-state index in [1.165, 1.54) is 4.90 Å². The molecule has 1 saturated heterocycles. The van der Waals surface area contributed by atoms with Crippen LogP contribution in [0.2, 0.25) is 0 Å². The molecule has 2 aliphatic rings. The number of aromatic nitrogens is 2. The SMILES string of the molecule is O=C1OC[C@@H](CF)N1c1cn2c(n1)-c1ccc(I)cc1OCC2. The van der Waals surface area contributed by atoms with Gasteiger partial charge in [-0.1, -0.05) is 0 Å². The van der Waals surface area contributed by atoms with Gasteiger partial charge in [-0.2, -0.15) is 0 Å². The van der Waals surface area contributed by atoms with E-state index in [9.17, 15) is 9.18 Å². The fourth-order valence-electron chi connectivity index (χ4n) is 2.81. The van der Waals surface area contributed by atoms with Gasteiger partial charge in [0.2, 0.25) is 0 Å². The molecule has 0 saturated carbocycles. The number of cyclic esters (lactones) is 1. The van der Waals surface area contributed by atoms with Gasteiger partial charge < -0.3 is 14.0 Å². The van der Waals surface area contributed by atoms with E-state index in [1.807, 2.05) is 22.8 Å². The van der Waals surface area contributed by atoms with Crippen molar-refractivity contribution >= 4 is 34.5 Å². The maximum Gasteiger partial charge on any atom is 0.416 e. The van der Waals surface area contributed by atoms with Crippen LogP contribution in [0.3, 0.4) is 0 Å². The first-order chi connectivity index (χ1) is 11.2. The minimum absolute atomic E-state index is 0.0510. The number of nitrogens with zero attached hydrogens (tertiary/aromatic N) is 3. The Bertz CT molecular complexity index is 779. The van der Waals surface area contributed by atoms with Crippen LogP contribution < -0.4 is 9.64 Å². The molecule has 120 valence electrons. The number of hydrogen-bond donors (Lipinski definition) is 0.